The minimum Gasteiger partial charge on any atom is -0.383 e. The molecule has 0 spiro atoms. The van der Waals surface area contributed by atoms with Gasteiger partial charge < -0.3 is 10.3 Å². The number of anilines is 1. The normalized spacial score (nSPS) is 11.6. The van der Waals surface area contributed by atoms with Crippen LogP contribution in [0.5, 0.6) is 0 Å². The van der Waals surface area contributed by atoms with Gasteiger partial charge in [-0.1, -0.05) is 26.8 Å². The molecule has 4 nitrogen and oxygen atoms in total. The molecule has 0 aromatic carbocycles. The van der Waals surface area contributed by atoms with Gasteiger partial charge in [0.15, 0.2) is 0 Å². The summed E-state index contributed by atoms with van der Waals surface area (Å²) < 4.78 is 2.91. The van der Waals surface area contributed by atoms with Crippen molar-refractivity contribution in [1.29, 1.82) is 0 Å². The average molecular weight is 335 g/mol. The van der Waals surface area contributed by atoms with Gasteiger partial charge in [-0.05, 0) is 22.0 Å². The smallest absolute Gasteiger partial charge is 0.132 e. The fraction of sp³-hybridized carbons (Fsp3) is 0.333. The summed E-state index contributed by atoms with van der Waals surface area (Å²) in [6.45, 7) is 10.8. The molecule has 2 rings (SSSR count). The van der Waals surface area contributed by atoms with E-state index in [1.54, 1.807) is 12.4 Å². The highest BCUT2D eigenvalue weighted by molar-refractivity contribution is 9.10. The lowest BCUT2D eigenvalue weighted by atomic mass is 9.95. The Bertz CT molecular complexity index is 638. The topological polar surface area (TPSA) is 56.7 Å². The predicted octanol–water partition coefficient (Wildman–Crippen LogP) is 3.77. The molecular formula is C15H19BrN4. The molecule has 20 heavy (non-hydrogen) atoms. The Kier molecular flexibility index (Phi) is 3.99. The molecule has 0 radical (unpaired) electrons. The molecule has 0 fully saturated rings. The number of nitrogens with two attached hydrogens (primary N) is 1. The summed E-state index contributed by atoms with van der Waals surface area (Å²) >= 11 is 3.43. The van der Waals surface area contributed by atoms with E-state index in [1.807, 2.05) is 16.7 Å². The third kappa shape index (κ3) is 2.77. The summed E-state index contributed by atoms with van der Waals surface area (Å²) in [6.07, 6.45) is 5.34. The van der Waals surface area contributed by atoms with Gasteiger partial charge in [0, 0.05) is 34.4 Å². The number of aromatic nitrogens is 3. The zero-order valence-corrected chi connectivity index (χ0v) is 13.6. The van der Waals surface area contributed by atoms with Crippen molar-refractivity contribution in [3.05, 3.63) is 41.4 Å². The summed E-state index contributed by atoms with van der Waals surface area (Å²) in [4.78, 5) is 8.92. The average Bonchev–Trinajstić information content (AvgIpc) is 2.68. The molecule has 0 saturated carbocycles. The highest BCUT2D eigenvalue weighted by atomic mass is 79.9. The van der Waals surface area contributed by atoms with Crippen LogP contribution >= 0.6 is 15.9 Å². The maximum absolute atomic E-state index is 6.28. The first-order valence-corrected chi connectivity index (χ1v) is 7.22. The number of pyridine rings is 1. The van der Waals surface area contributed by atoms with Crippen molar-refractivity contribution in [3.63, 3.8) is 0 Å². The second-order valence-electron chi connectivity index (χ2n) is 5.71. The van der Waals surface area contributed by atoms with Crippen molar-refractivity contribution in [2.75, 3.05) is 5.73 Å². The third-order valence-corrected chi connectivity index (χ3v) is 3.40. The summed E-state index contributed by atoms with van der Waals surface area (Å²) in [5.41, 5.74) is 7.87. The van der Waals surface area contributed by atoms with Crippen LogP contribution in [0.2, 0.25) is 0 Å². The van der Waals surface area contributed by atoms with Gasteiger partial charge in [-0.2, -0.15) is 0 Å². The Balaban J connectivity index is 2.64. The van der Waals surface area contributed by atoms with E-state index in [0.29, 0.717) is 12.4 Å². The Labute approximate surface area is 127 Å². The van der Waals surface area contributed by atoms with Crippen LogP contribution in [0.1, 0.15) is 26.6 Å². The fourth-order valence-corrected chi connectivity index (χ4v) is 2.47. The first kappa shape index (κ1) is 14.8. The zero-order valence-electron chi connectivity index (χ0n) is 12.0. The van der Waals surface area contributed by atoms with Crippen molar-refractivity contribution in [1.82, 2.24) is 14.5 Å². The Morgan fingerprint density at radius 1 is 1.40 bits per heavy atom. The van der Waals surface area contributed by atoms with Crippen molar-refractivity contribution in [2.45, 2.75) is 32.7 Å². The van der Waals surface area contributed by atoms with Crippen molar-refractivity contribution < 1.29 is 0 Å². The Morgan fingerprint density at radius 2 is 2.10 bits per heavy atom. The van der Waals surface area contributed by atoms with E-state index >= 15 is 0 Å². The molecular weight excluding hydrogens is 316 g/mol. The van der Waals surface area contributed by atoms with Crippen LogP contribution in [-0.2, 0) is 12.0 Å². The predicted molar refractivity (Wildman–Crippen MR) is 86.5 cm³/mol. The summed E-state index contributed by atoms with van der Waals surface area (Å²) in [7, 11) is 0. The minimum absolute atomic E-state index is 0.0885. The molecule has 2 aromatic rings. The molecule has 0 aliphatic carbocycles. The molecule has 106 valence electrons. The van der Waals surface area contributed by atoms with E-state index in [9.17, 15) is 0 Å². The van der Waals surface area contributed by atoms with Gasteiger partial charge in [0.1, 0.15) is 17.3 Å². The number of nitrogen functional groups attached to an aromatic ring is 1. The number of nitrogens with zero attached hydrogens (tertiary/aromatic N) is 3. The molecule has 2 N–H and O–H groups in total. The van der Waals surface area contributed by atoms with Crippen LogP contribution in [0.4, 0.5) is 5.82 Å². The number of hydrogen-bond donors (Lipinski definition) is 1. The molecule has 0 amide bonds. The number of allylic oxidation sites excluding steroid dienone is 1. The van der Waals surface area contributed by atoms with Crippen LogP contribution < -0.4 is 5.73 Å². The van der Waals surface area contributed by atoms with Crippen molar-refractivity contribution in [3.8, 4) is 11.3 Å². The van der Waals surface area contributed by atoms with E-state index in [4.69, 9.17) is 10.7 Å². The number of imidazole rings is 1. The van der Waals surface area contributed by atoms with E-state index in [2.05, 4.69) is 48.3 Å². The Morgan fingerprint density at radius 3 is 2.65 bits per heavy atom. The molecule has 0 bridgehead atoms. The fourth-order valence-electron chi connectivity index (χ4n) is 2.11. The van der Waals surface area contributed by atoms with E-state index in [1.165, 1.54) is 0 Å². The lowest BCUT2D eigenvalue weighted by molar-refractivity contribution is 0.515. The standard InChI is InChI=1S/C15H19BrN4/c1-5-6-20-13(17)12(19-14(20)15(2,3)4)10-7-11(16)9-18-8-10/h5,7-9H,1,6,17H2,2-4H3. The van der Waals surface area contributed by atoms with Crippen molar-refractivity contribution in [2.24, 2.45) is 0 Å². The lowest BCUT2D eigenvalue weighted by Gasteiger charge is -2.19. The van der Waals surface area contributed by atoms with E-state index in [-0.39, 0.29) is 5.41 Å². The summed E-state index contributed by atoms with van der Waals surface area (Å²) in [5.74, 6) is 1.60. The number of rotatable bonds is 3. The molecule has 2 aromatic heterocycles. The quantitative estimate of drug-likeness (QED) is 0.869. The molecule has 0 unspecified atom stereocenters. The molecule has 0 saturated heterocycles. The second-order valence-corrected chi connectivity index (χ2v) is 6.63. The van der Waals surface area contributed by atoms with Gasteiger partial charge in [-0.15, -0.1) is 6.58 Å². The molecule has 5 heteroatoms. The van der Waals surface area contributed by atoms with Crippen LogP contribution in [0.3, 0.4) is 0 Å². The van der Waals surface area contributed by atoms with Crippen LogP contribution in [0, 0.1) is 0 Å². The lowest BCUT2D eigenvalue weighted by Crippen LogP contribution is -2.19. The highest BCUT2D eigenvalue weighted by Gasteiger charge is 2.25. The maximum atomic E-state index is 6.28. The molecule has 0 aliphatic rings. The van der Waals surface area contributed by atoms with Gasteiger partial charge >= 0.3 is 0 Å². The van der Waals surface area contributed by atoms with Crippen LogP contribution in [0.15, 0.2) is 35.6 Å². The van der Waals surface area contributed by atoms with Gasteiger partial charge in [0.25, 0.3) is 0 Å². The second kappa shape index (κ2) is 5.40. The SMILES string of the molecule is C=CCn1c(C(C)(C)C)nc(-c2cncc(Br)c2)c1N. The monoisotopic (exact) mass is 334 g/mol. The first-order chi connectivity index (χ1) is 9.34. The van der Waals surface area contributed by atoms with Crippen molar-refractivity contribution >= 4 is 21.7 Å². The third-order valence-electron chi connectivity index (χ3n) is 2.97. The zero-order chi connectivity index (χ0) is 14.9. The first-order valence-electron chi connectivity index (χ1n) is 6.43. The van der Waals surface area contributed by atoms with Gasteiger partial charge in [0.2, 0.25) is 0 Å². The highest BCUT2D eigenvalue weighted by Crippen LogP contribution is 2.32. The largest absolute Gasteiger partial charge is 0.383 e. The Hall–Kier alpha value is -1.62. The maximum Gasteiger partial charge on any atom is 0.132 e. The van der Waals surface area contributed by atoms with E-state index < -0.39 is 0 Å². The number of hydrogen-bond acceptors (Lipinski definition) is 3. The van der Waals surface area contributed by atoms with Gasteiger partial charge in [-0.25, -0.2) is 4.98 Å². The molecule has 2 heterocycles. The molecule has 0 aliphatic heterocycles. The summed E-state index contributed by atoms with van der Waals surface area (Å²) in [5, 5.41) is 0. The number of halogens is 1. The van der Waals surface area contributed by atoms with Gasteiger partial charge in [-0.3, -0.25) is 4.98 Å². The minimum atomic E-state index is -0.0885. The molecule has 0 atom stereocenters. The van der Waals surface area contributed by atoms with E-state index in [0.717, 1.165) is 21.6 Å². The van der Waals surface area contributed by atoms with Crippen LogP contribution in [0.25, 0.3) is 11.3 Å². The summed E-state index contributed by atoms with van der Waals surface area (Å²) in [6, 6.07) is 1.97. The van der Waals surface area contributed by atoms with Gasteiger partial charge in [0.05, 0.1) is 0 Å². The van der Waals surface area contributed by atoms with Crippen LogP contribution in [-0.4, -0.2) is 14.5 Å².